The minimum atomic E-state index is -1.03. The molecular formula is C27H37N3O2S2. The summed E-state index contributed by atoms with van der Waals surface area (Å²) in [6.45, 7) is 0.750. The zero-order chi connectivity index (χ0) is 24.1. The van der Waals surface area contributed by atoms with Crippen molar-refractivity contribution in [1.82, 2.24) is 0 Å². The van der Waals surface area contributed by atoms with E-state index in [-0.39, 0.29) is 16.6 Å². The fourth-order valence-electron chi connectivity index (χ4n) is 5.89. The van der Waals surface area contributed by atoms with Gasteiger partial charge in [-0.3, -0.25) is 9.00 Å². The zero-order valence-electron chi connectivity index (χ0n) is 20.3. The SMILES string of the molecule is CN.CSNc1ccc2c(c1)C1(CCCCC1)CN2C(=O)c1cccc(S(=O)C2CCCC2)c1. The van der Waals surface area contributed by atoms with Gasteiger partial charge in [-0.2, -0.15) is 0 Å². The molecule has 1 aliphatic heterocycles. The van der Waals surface area contributed by atoms with Crippen molar-refractivity contribution in [2.24, 2.45) is 5.73 Å². The van der Waals surface area contributed by atoms with Gasteiger partial charge in [0.05, 0.1) is 10.8 Å². The van der Waals surface area contributed by atoms with E-state index in [2.05, 4.69) is 28.7 Å². The molecule has 184 valence electrons. The van der Waals surface area contributed by atoms with Crippen LogP contribution < -0.4 is 15.4 Å². The van der Waals surface area contributed by atoms with Gasteiger partial charge < -0.3 is 15.4 Å². The number of hydrogen-bond donors (Lipinski definition) is 2. The normalized spacial score (nSPS) is 19.9. The molecule has 1 spiro atoms. The lowest BCUT2D eigenvalue weighted by Crippen LogP contribution is -2.38. The third kappa shape index (κ3) is 4.93. The van der Waals surface area contributed by atoms with E-state index in [1.54, 1.807) is 11.9 Å². The van der Waals surface area contributed by atoms with E-state index in [4.69, 9.17) is 0 Å². The molecule has 1 unspecified atom stereocenters. The Morgan fingerprint density at radius 2 is 1.79 bits per heavy atom. The second-order valence-corrected chi connectivity index (χ2v) is 11.8. The molecule has 2 fully saturated rings. The van der Waals surface area contributed by atoms with Crippen LogP contribution in [0.2, 0.25) is 0 Å². The summed E-state index contributed by atoms with van der Waals surface area (Å²) in [4.78, 5) is 16.5. The molecule has 3 N–H and O–H groups in total. The predicted octanol–water partition coefficient (Wildman–Crippen LogP) is 5.86. The number of rotatable bonds is 5. The van der Waals surface area contributed by atoms with Crippen LogP contribution in [-0.2, 0) is 16.2 Å². The monoisotopic (exact) mass is 499 g/mol. The highest BCUT2D eigenvalue weighted by atomic mass is 32.2. The second-order valence-electron chi connectivity index (χ2n) is 9.50. The van der Waals surface area contributed by atoms with Gasteiger partial charge in [0.15, 0.2) is 0 Å². The molecule has 2 aromatic rings. The first kappa shape index (κ1) is 25.3. The quantitative estimate of drug-likeness (QED) is 0.504. The third-order valence-corrected chi connectivity index (χ3v) is 9.75. The van der Waals surface area contributed by atoms with Gasteiger partial charge in [0.1, 0.15) is 0 Å². The van der Waals surface area contributed by atoms with Gasteiger partial charge in [0.2, 0.25) is 0 Å². The van der Waals surface area contributed by atoms with Crippen molar-refractivity contribution in [3.8, 4) is 0 Å². The Hall–Kier alpha value is -1.83. The molecule has 34 heavy (non-hydrogen) atoms. The summed E-state index contributed by atoms with van der Waals surface area (Å²) in [5.41, 5.74) is 8.67. The number of amides is 1. The molecule has 2 aliphatic carbocycles. The number of nitrogens with zero attached hydrogens (tertiary/aromatic N) is 1. The maximum Gasteiger partial charge on any atom is 0.258 e. The highest BCUT2D eigenvalue weighted by Gasteiger charge is 2.45. The van der Waals surface area contributed by atoms with Crippen molar-refractivity contribution in [3.05, 3.63) is 53.6 Å². The first-order chi connectivity index (χ1) is 16.6. The highest BCUT2D eigenvalue weighted by Crippen LogP contribution is 2.50. The van der Waals surface area contributed by atoms with Gasteiger partial charge >= 0.3 is 0 Å². The molecule has 0 radical (unpaired) electrons. The zero-order valence-corrected chi connectivity index (χ0v) is 22.0. The van der Waals surface area contributed by atoms with E-state index in [0.717, 1.165) is 61.3 Å². The average molecular weight is 500 g/mol. The summed E-state index contributed by atoms with van der Waals surface area (Å²) >= 11 is 1.59. The van der Waals surface area contributed by atoms with Crippen LogP contribution in [0.15, 0.2) is 47.4 Å². The molecule has 7 heteroatoms. The number of fused-ring (bicyclic) bond motifs is 2. The number of anilines is 2. The van der Waals surface area contributed by atoms with Gasteiger partial charge in [0, 0.05) is 45.3 Å². The molecular weight excluding hydrogens is 462 g/mol. The standard InChI is InChI=1S/C26H32N2O2S2.CH5N/c1-31-27-20-12-13-24-23(17-20)26(14-5-2-6-15-26)18-28(24)25(29)19-8-7-11-22(16-19)32(30)21-9-3-4-10-21;1-2/h7-8,11-13,16-17,21,27H,2-6,9-10,14-15,18H2,1H3;2H2,1H3. The second kappa shape index (κ2) is 11.3. The largest absolute Gasteiger partial charge is 0.333 e. The van der Waals surface area contributed by atoms with Gasteiger partial charge in [-0.15, -0.1) is 0 Å². The first-order valence-electron chi connectivity index (χ1n) is 12.5. The number of carbonyl (C=O) groups is 1. The summed E-state index contributed by atoms with van der Waals surface area (Å²) in [6.07, 6.45) is 12.4. The molecule has 0 bridgehead atoms. The number of carbonyl (C=O) groups excluding carboxylic acids is 1. The molecule has 2 aromatic carbocycles. The van der Waals surface area contributed by atoms with Crippen molar-refractivity contribution in [2.75, 3.05) is 29.5 Å². The Morgan fingerprint density at radius 1 is 1.06 bits per heavy atom. The van der Waals surface area contributed by atoms with Crippen LogP contribution in [-0.4, -0.2) is 35.2 Å². The molecule has 1 atom stereocenters. The van der Waals surface area contributed by atoms with Gasteiger partial charge in [-0.25, -0.2) is 0 Å². The fraction of sp³-hybridized carbons (Fsp3) is 0.519. The van der Waals surface area contributed by atoms with Crippen molar-refractivity contribution >= 4 is 40.0 Å². The Kier molecular flexibility index (Phi) is 8.38. The van der Waals surface area contributed by atoms with E-state index in [1.807, 2.05) is 35.4 Å². The van der Waals surface area contributed by atoms with Gasteiger partial charge in [-0.05, 0) is 74.7 Å². The van der Waals surface area contributed by atoms with Gasteiger partial charge in [0.25, 0.3) is 5.91 Å². The van der Waals surface area contributed by atoms with Crippen molar-refractivity contribution in [2.45, 2.75) is 73.3 Å². The molecule has 3 aliphatic rings. The lowest BCUT2D eigenvalue weighted by atomic mass is 9.70. The smallest absolute Gasteiger partial charge is 0.258 e. The maximum atomic E-state index is 13.7. The van der Waals surface area contributed by atoms with Crippen LogP contribution in [0.1, 0.15) is 73.7 Å². The van der Waals surface area contributed by atoms with E-state index >= 15 is 0 Å². The predicted molar refractivity (Wildman–Crippen MR) is 145 cm³/mol. The number of benzene rings is 2. The van der Waals surface area contributed by atoms with Crippen LogP contribution in [0.25, 0.3) is 0 Å². The molecule has 5 nitrogen and oxygen atoms in total. The minimum absolute atomic E-state index is 0.0320. The summed E-state index contributed by atoms with van der Waals surface area (Å²) in [6, 6.07) is 14.0. The highest BCUT2D eigenvalue weighted by molar-refractivity contribution is 7.99. The first-order valence-corrected chi connectivity index (χ1v) is 14.9. The van der Waals surface area contributed by atoms with E-state index in [0.29, 0.717) is 5.56 Å². The van der Waals surface area contributed by atoms with E-state index in [1.165, 1.54) is 31.9 Å². The minimum Gasteiger partial charge on any atom is -0.333 e. The Morgan fingerprint density at radius 3 is 2.50 bits per heavy atom. The Balaban J connectivity index is 0.00000133. The summed E-state index contributed by atoms with van der Waals surface area (Å²) in [5, 5.41) is 0.237. The van der Waals surface area contributed by atoms with Crippen molar-refractivity contribution in [3.63, 3.8) is 0 Å². The number of nitrogens with one attached hydrogen (secondary N) is 1. The summed E-state index contributed by atoms with van der Waals surface area (Å²) in [5.74, 6) is 0.0320. The van der Waals surface area contributed by atoms with Crippen LogP contribution in [0, 0.1) is 0 Å². The average Bonchev–Trinajstić information content (AvgIpc) is 3.53. The van der Waals surface area contributed by atoms with Crippen LogP contribution in [0.4, 0.5) is 11.4 Å². The van der Waals surface area contributed by atoms with Crippen molar-refractivity contribution in [1.29, 1.82) is 0 Å². The Bertz CT molecular complexity index is 1030. The number of nitrogens with two attached hydrogens (primary N) is 1. The lowest BCUT2D eigenvalue weighted by molar-refractivity contribution is 0.0982. The molecule has 1 amide bonds. The van der Waals surface area contributed by atoms with Crippen LogP contribution in [0.3, 0.4) is 0 Å². The lowest BCUT2D eigenvalue weighted by Gasteiger charge is -2.34. The van der Waals surface area contributed by atoms with E-state index in [9.17, 15) is 9.00 Å². The van der Waals surface area contributed by atoms with Gasteiger partial charge in [-0.1, -0.05) is 50.1 Å². The summed E-state index contributed by atoms with van der Waals surface area (Å²) in [7, 11) is 0.470. The number of hydrogen-bond acceptors (Lipinski definition) is 5. The van der Waals surface area contributed by atoms with Crippen LogP contribution in [0.5, 0.6) is 0 Å². The molecule has 2 saturated carbocycles. The third-order valence-electron chi connectivity index (χ3n) is 7.51. The topological polar surface area (TPSA) is 75.4 Å². The van der Waals surface area contributed by atoms with Crippen LogP contribution >= 0.6 is 11.9 Å². The maximum absolute atomic E-state index is 13.7. The molecule has 5 rings (SSSR count). The Labute approximate surface area is 210 Å². The van der Waals surface area contributed by atoms with Crippen molar-refractivity contribution < 1.29 is 9.00 Å². The fourth-order valence-corrected chi connectivity index (χ4v) is 7.86. The van der Waals surface area contributed by atoms with E-state index < -0.39 is 10.8 Å². The molecule has 0 aromatic heterocycles. The summed E-state index contributed by atoms with van der Waals surface area (Å²) < 4.78 is 16.4. The molecule has 1 heterocycles. The molecule has 0 saturated heterocycles.